The molecule has 10 heavy (non-hydrogen) atoms. The van der Waals surface area contributed by atoms with Crippen LogP contribution in [0.2, 0.25) is 5.02 Å². The zero-order valence-corrected chi connectivity index (χ0v) is 8.13. The van der Waals surface area contributed by atoms with Gasteiger partial charge in [0.1, 0.15) is 0 Å². The molecular weight excluding hydrogens is 258 g/mol. The Morgan fingerprint density at radius 2 is 2.00 bits per heavy atom. The van der Waals surface area contributed by atoms with Gasteiger partial charge >= 0.3 is 0 Å². The number of rotatable bonds is 1. The number of benzene rings is 1. The summed E-state index contributed by atoms with van der Waals surface area (Å²) < 4.78 is 1.94. The largest absolute Gasteiger partial charge is 0.0837 e. The summed E-state index contributed by atoms with van der Waals surface area (Å²) in [6.07, 6.45) is 1.98. The third kappa shape index (κ3) is 1.99. The molecule has 0 aromatic heterocycles. The second-order valence-electron chi connectivity index (χ2n) is 1.81. The first kappa shape index (κ1) is 8.08. The highest BCUT2D eigenvalue weighted by Crippen LogP contribution is 2.16. The number of hydrogen-bond acceptors (Lipinski definition) is 0. The molecule has 0 amide bonds. The minimum Gasteiger partial charge on any atom is -0.0837 e. The van der Waals surface area contributed by atoms with Crippen molar-refractivity contribution in [1.29, 1.82) is 0 Å². The minimum atomic E-state index is 0.801. The Hall–Kier alpha value is -0.0200. The van der Waals surface area contributed by atoms with Gasteiger partial charge in [0.15, 0.2) is 0 Å². The van der Waals surface area contributed by atoms with Gasteiger partial charge in [0.2, 0.25) is 0 Å². The monoisotopic (exact) mass is 264 g/mol. The summed E-state index contributed by atoms with van der Waals surface area (Å²) in [5, 5.41) is 0.801. The van der Waals surface area contributed by atoms with Crippen LogP contribution in [0.4, 0.5) is 0 Å². The Labute approximate surface area is 79.0 Å². The minimum absolute atomic E-state index is 0.801. The summed E-state index contributed by atoms with van der Waals surface area (Å²) >= 11 is 8.02. The molecule has 0 aliphatic carbocycles. The SMILES string of the molecule is Clc1ccccc1C=CI. The summed E-state index contributed by atoms with van der Waals surface area (Å²) in [5.74, 6) is 0. The van der Waals surface area contributed by atoms with Crippen LogP contribution in [-0.4, -0.2) is 0 Å². The van der Waals surface area contributed by atoms with Crippen LogP contribution in [0.15, 0.2) is 28.3 Å². The van der Waals surface area contributed by atoms with E-state index in [1.165, 1.54) is 0 Å². The maximum Gasteiger partial charge on any atom is 0.0478 e. The summed E-state index contributed by atoms with van der Waals surface area (Å²) in [4.78, 5) is 0. The molecular formula is C8H6ClI. The van der Waals surface area contributed by atoms with Crippen molar-refractivity contribution < 1.29 is 0 Å². The zero-order valence-electron chi connectivity index (χ0n) is 5.22. The molecule has 0 N–H and O–H groups in total. The van der Waals surface area contributed by atoms with Gasteiger partial charge in [0, 0.05) is 5.02 Å². The highest BCUT2D eigenvalue weighted by atomic mass is 127. The van der Waals surface area contributed by atoms with E-state index in [-0.39, 0.29) is 0 Å². The van der Waals surface area contributed by atoms with Crippen molar-refractivity contribution in [2.24, 2.45) is 0 Å². The van der Waals surface area contributed by atoms with Gasteiger partial charge in [-0.3, -0.25) is 0 Å². The van der Waals surface area contributed by atoms with Crippen molar-refractivity contribution in [2.75, 3.05) is 0 Å². The van der Waals surface area contributed by atoms with Crippen LogP contribution in [0.5, 0.6) is 0 Å². The molecule has 1 aromatic rings. The van der Waals surface area contributed by atoms with Gasteiger partial charge in [0.05, 0.1) is 0 Å². The Morgan fingerprint density at radius 1 is 1.30 bits per heavy atom. The molecule has 0 spiro atoms. The van der Waals surface area contributed by atoms with Gasteiger partial charge in [-0.25, -0.2) is 0 Å². The van der Waals surface area contributed by atoms with E-state index in [2.05, 4.69) is 22.6 Å². The maximum atomic E-state index is 5.85. The lowest BCUT2D eigenvalue weighted by Gasteiger charge is -1.93. The summed E-state index contributed by atoms with van der Waals surface area (Å²) in [6, 6.07) is 7.76. The van der Waals surface area contributed by atoms with Crippen molar-refractivity contribution in [1.82, 2.24) is 0 Å². The van der Waals surface area contributed by atoms with Crippen LogP contribution >= 0.6 is 34.2 Å². The van der Waals surface area contributed by atoms with Crippen molar-refractivity contribution in [2.45, 2.75) is 0 Å². The molecule has 2 heteroatoms. The summed E-state index contributed by atoms with van der Waals surface area (Å²) in [6.45, 7) is 0. The molecule has 0 nitrogen and oxygen atoms in total. The lowest BCUT2D eigenvalue weighted by Crippen LogP contribution is -1.70. The predicted octanol–water partition coefficient (Wildman–Crippen LogP) is 3.75. The average molecular weight is 264 g/mol. The highest BCUT2D eigenvalue weighted by molar-refractivity contribution is 14.1. The maximum absolute atomic E-state index is 5.85. The summed E-state index contributed by atoms with van der Waals surface area (Å²) in [7, 11) is 0. The highest BCUT2D eigenvalue weighted by Gasteiger charge is 1.90. The van der Waals surface area contributed by atoms with Crippen LogP contribution in [0, 0.1) is 0 Å². The molecule has 0 aliphatic rings. The van der Waals surface area contributed by atoms with Crippen molar-refractivity contribution >= 4 is 40.3 Å². The fourth-order valence-electron chi connectivity index (χ4n) is 0.678. The molecule has 0 unspecified atom stereocenters. The van der Waals surface area contributed by atoms with Gasteiger partial charge in [-0.1, -0.05) is 52.4 Å². The molecule has 1 rings (SSSR count). The lowest BCUT2D eigenvalue weighted by atomic mass is 10.2. The molecule has 0 fully saturated rings. The van der Waals surface area contributed by atoms with Gasteiger partial charge in [-0.15, -0.1) is 0 Å². The molecule has 1 aromatic carbocycles. The first-order valence-electron chi connectivity index (χ1n) is 2.86. The zero-order chi connectivity index (χ0) is 7.40. The van der Waals surface area contributed by atoms with Crippen molar-refractivity contribution in [3.8, 4) is 0 Å². The molecule has 0 saturated carbocycles. The van der Waals surface area contributed by atoms with E-state index in [9.17, 15) is 0 Å². The first-order valence-corrected chi connectivity index (χ1v) is 4.48. The van der Waals surface area contributed by atoms with Crippen LogP contribution in [0.3, 0.4) is 0 Å². The van der Waals surface area contributed by atoms with E-state index in [0.717, 1.165) is 10.6 Å². The van der Waals surface area contributed by atoms with E-state index in [4.69, 9.17) is 11.6 Å². The molecule has 0 heterocycles. The van der Waals surface area contributed by atoms with E-state index < -0.39 is 0 Å². The van der Waals surface area contributed by atoms with E-state index >= 15 is 0 Å². The van der Waals surface area contributed by atoms with Crippen LogP contribution in [0.25, 0.3) is 6.08 Å². The fourth-order valence-corrected chi connectivity index (χ4v) is 1.26. The molecule has 0 aliphatic heterocycles. The number of hydrogen-bond donors (Lipinski definition) is 0. The average Bonchev–Trinajstić information content (AvgIpc) is 1.94. The van der Waals surface area contributed by atoms with E-state index in [1.54, 1.807) is 0 Å². The van der Waals surface area contributed by atoms with Crippen LogP contribution in [-0.2, 0) is 0 Å². The standard InChI is InChI=1S/C8H6ClI/c9-8-4-2-1-3-7(8)5-6-10/h1-6H. The summed E-state index contributed by atoms with van der Waals surface area (Å²) in [5.41, 5.74) is 1.07. The van der Waals surface area contributed by atoms with E-state index in [1.807, 2.05) is 34.4 Å². The second-order valence-corrected chi connectivity index (χ2v) is 2.94. The molecule has 0 saturated heterocycles. The molecule has 0 atom stereocenters. The van der Waals surface area contributed by atoms with Crippen molar-refractivity contribution in [3.05, 3.63) is 38.9 Å². The smallest absolute Gasteiger partial charge is 0.0478 e. The van der Waals surface area contributed by atoms with Gasteiger partial charge in [-0.05, 0) is 21.8 Å². The predicted molar refractivity (Wildman–Crippen MR) is 54.5 cm³/mol. The normalized spacial score (nSPS) is 10.6. The Kier molecular flexibility index (Phi) is 3.22. The molecule has 0 bridgehead atoms. The topological polar surface area (TPSA) is 0 Å². The molecule has 52 valence electrons. The quantitative estimate of drug-likeness (QED) is 0.678. The van der Waals surface area contributed by atoms with Crippen molar-refractivity contribution in [3.63, 3.8) is 0 Å². The first-order chi connectivity index (χ1) is 4.84. The van der Waals surface area contributed by atoms with Gasteiger partial charge in [-0.2, -0.15) is 0 Å². The number of halogens is 2. The van der Waals surface area contributed by atoms with Gasteiger partial charge in [0.25, 0.3) is 0 Å². The third-order valence-electron chi connectivity index (χ3n) is 1.15. The second kappa shape index (κ2) is 3.98. The Morgan fingerprint density at radius 3 is 2.60 bits per heavy atom. The van der Waals surface area contributed by atoms with Gasteiger partial charge < -0.3 is 0 Å². The lowest BCUT2D eigenvalue weighted by molar-refractivity contribution is 1.66. The van der Waals surface area contributed by atoms with Crippen LogP contribution < -0.4 is 0 Å². The Balaban J connectivity index is 3.03. The third-order valence-corrected chi connectivity index (χ3v) is 1.85. The van der Waals surface area contributed by atoms with E-state index in [0.29, 0.717) is 0 Å². The van der Waals surface area contributed by atoms with Crippen LogP contribution in [0.1, 0.15) is 5.56 Å². The fraction of sp³-hybridized carbons (Fsp3) is 0. The molecule has 0 radical (unpaired) electrons. The Bertz CT molecular complexity index is 243.